The Morgan fingerprint density at radius 1 is 1.38 bits per heavy atom. The summed E-state index contributed by atoms with van der Waals surface area (Å²) in [5.41, 5.74) is 0.823. The van der Waals surface area contributed by atoms with Crippen LogP contribution in [0.15, 0.2) is 28.7 Å². The van der Waals surface area contributed by atoms with Gasteiger partial charge in [0.15, 0.2) is 5.58 Å². The molecule has 0 saturated heterocycles. The van der Waals surface area contributed by atoms with Crippen LogP contribution in [-0.4, -0.2) is 6.54 Å². The maximum absolute atomic E-state index is 6.25. The summed E-state index contributed by atoms with van der Waals surface area (Å²) >= 11 is 6.25. The quantitative estimate of drug-likeness (QED) is 0.782. The molecular weight excluding hydrogens is 282 g/mol. The average molecular weight is 306 g/mol. The molecule has 114 valence electrons. The minimum atomic E-state index is 0.318. The highest BCUT2D eigenvalue weighted by Gasteiger charge is 2.31. The van der Waals surface area contributed by atoms with Crippen molar-refractivity contribution in [3.05, 3.63) is 35.0 Å². The Hall–Kier alpha value is -0.990. The Bertz CT molecular complexity index is 606. The molecule has 0 radical (unpaired) electrons. The molecular formula is C18H24ClNO. The molecule has 0 aliphatic heterocycles. The third-order valence-corrected chi connectivity index (χ3v) is 4.94. The van der Waals surface area contributed by atoms with Crippen molar-refractivity contribution in [2.24, 2.45) is 11.8 Å². The first-order valence-corrected chi connectivity index (χ1v) is 8.48. The van der Waals surface area contributed by atoms with Crippen LogP contribution in [0.2, 0.25) is 5.02 Å². The largest absolute Gasteiger partial charge is 0.458 e. The third-order valence-electron chi connectivity index (χ3n) is 4.64. The maximum Gasteiger partial charge on any atom is 0.152 e. The standard InChI is InChI=1S/C18H24ClNO/c1-3-9-20-17(13-8-7-12(2)10-13)16-11-14-5-4-6-15(19)18(14)21-16/h4-6,11-13,17,20H,3,7-10H2,1-2H3. The minimum Gasteiger partial charge on any atom is -0.458 e. The van der Waals surface area contributed by atoms with E-state index >= 15 is 0 Å². The summed E-state index contributed by atoms with van der Waals surface area (Å²) in [5.74, 6) is 2.55. The van der Waals surface area contributed by atoms with Gasteiger partial charge in [-0.3, -0.25) is 0 Å². The Morgan fingerprint density at radius 3 is 2.90 bits per heavy atom. The molecule has 2 aromatic rings. The number of nitrogens with one attached hydrogen (secondary N) is 1. The van der Waals surface area contributed by atoms with Crippen molar-refractivity contribution < 1.29 is 4.42 Å². The second-order valence-electron chi connectivity index (χ2n) is 6.42. The molecule has 1 aromatic heterocycles. The van der Waals surface area contributed by atoms with Gasteiger partial charge in [0.25, 0.3) is 0 Å². The van der Waals surface area contributed by atoms with E-state index in [9.17, 15) is 0 Å². The molecule has 0 bridgehead atoms. The van der Waals surface area contributed by atoms with Gasteiger partial charge in [-0.25, -0.2) is 0 Å². The predicted molar refractivity (Wildman–Crippen MR) is 88.8 cm³/mol. The predicted octanol–water partition coefficient (Wildman–Crippen LogP) is 5.56. The molecule has 0 amide bonds. The molecule has 21 heavy (non-hydrogen) atoms. The van der Waals surface area contributed by atoms with Crippen LogP contribution >= 0.6 is 11.6 Å². The smallest absolute Gasteiger partial charge is 0.152 e. The van der Waals surface area contributed by atoms with Crippen LogP contribution in [0.4, 0.5) is 0 Å². The van der Waals surface area contributed by atoms with Crippen molar-refractivity contribution in [2.45, 2.75) is 45.6 Å². The van der Waals surface area contributed by atoms with Gasteiger partial charge in [-0.15, -0.1) is 0 Å². The van der Waals surface area contributed by atoms with Gasteiger partial charge in [0.05, 0.1) is 11.1 Å². The van der Waals surface area contributed by atoms with Gasteiger partial charge >= 0.3 is 0 Å². The van der Waals surface area contributed by atoms with Crippen molar-refractivity contribution in [2.75, 3.05) is 6.54 Å². The number of hydrogen-bond donors (Lipinski definition) is 1. The van der Waals surface area contributed by atoms with Crippen molar-refractivity contribution in [3.63, 3.8) is 0 Å². The summed E-state index contributed by atoms with van der Waals surface area (Å²) in [4.78, 5) is 0. The fourth-order valence-corrected chi connectivity index (χ4v) is 3.77. The second kappa shape index (κ2) is 6.41. The zero-order chi connectivity index (χ0) is 14.8. The highest BCUT2D eigenvalue weighted by atomic mass is 35.5. The molecule has 3 atom stereocenters. The number of para-hydroxylation sites is 1. The van der Waals surface area contributed by atoms with Crippen LogP contribution in [0.1, 0.15) is 51.3 Å². The first-order valence-electron chi connectivity index (χ1n) is 8.10. The van der Waals surface area contributed by atoms with Gasteiger partial charge in [-0.2, -0.15) is 0 Å². The van der Waals surface area contributed by atoms with Crippen molar-refractivity contribution >= 4 is 22.6 Å². The molecule has 3 heteroatoms. The molecule has 1 aliphatic carbocycles. The van der Waals surface area contributed by atoms with E-state index < -0.39 is 0 Å². The van der Waals surface area contributed by atoms with E-state index in [1.165, 1.54) is 19.3 Å². The van der Waals surface area contributed by atoms with Crippen LogP contribution in [0.25, 0.3) is 11.0 Å². The zero-order valence-corrected chi connectivity index (χ0v) is 13.6. The van der Waals surface area contributed by atoms with Crippen molar-refractivity contribution in [3.8, 4) is 0 Å². The summed E-state index contributed by atoms with van der Waals surface area (Å²) in [6.45, 7) is 5.59. The van der Waals surface area contributed by atoms with Crippen LogP contribution in [0, 0.1) is 11.8 Å². The van der Waals surface area contributed by atoms with Crippen LogP contribution in [0.5, 0.6) is 0 Å². The molecule has 1 aromatic carbocycles. The minimum absolute atomic E-state index is 0.318. The molecule has 3 unspecified atom stereocenters. The summed E-state index contributed by atoms with van der Waals surface area (Å²) < 4.78 is 6.11. The summed E-state index contributed by atoms with van der Waals surface area (Å²) in [5, 5.41) is 5.50. The Labute approximate surface area is 131 Å². The lowest BCUT2D eigenvalue weighted by Crippen LogP contribution is -2.27. The summed E-state index contributed by atoms with van der Waals surface area (Å²) in [7, 11) is 0. The van der Waals surface area contributed by atoms with Crippen molar-refractivity contribution in [1.82, 2.24) is 5.32 Å². The molecule has 1 heterocycles. The number of halogens is 1. The first-order chi connectivity index (χ1) is 10.2. The highest BCUT2D eigenvalue weighted by Crippen LogP contribution is 2.41. The van der Waals surface area contributed by atoms with Crippen LogP contribution < -0.4 is 5.32 Å². The van der Waals surface area contributed by atoms with Gasteiger partial charge in [0, 0.05) is 5.39 Å². The molecule has 1 aliphatic rings. The van der Waals surface area contributed by atoms with E-state index in [1.54, 1.807) is 0 Å². The van der Waals surface area contributed by atoms with Crippen LogP contribution in [-0.2, 0) is 0 Å². The monoisotopic (exact) mass is 305 g/mol. The van der Waals surface area contributed by atoms with Gasteiger partial charge in [0.1, 0.15) is 5.76 Å². The maximum atomic E-state index is 6.25. The van der Waals surface area contributed by atoms with E-state index in [0.29, 0.717) is 17.0 Å². The fourth-order valence-electron chi connectivity index (χ4n) is 3.55. The first kappa shape index (κ1) is 14.9. The molecule has 1 N–H and O–H groups in total. The Morgan fingerprint density at radius 2 is 2.24 bits per heavy atom. The van der Waals surface area contributed by atoms with Gasteiger partial charge < -0.3 is 9.73 Å². The van der Waals surface area contributed by atoms with Gasteiger partial charge in [-0.05, 0) is 49.8 Å². The molecule has 1 saturated carbocycles. The lowest BCUT2D eigenvalue weighted by Gasteiger charge is -2.23. The van der Waals surface area contributed by atoms with E-state index in [-0.39, 0.29) is 0 Å². The summed E-state index contributed by atoms with van der Waals surface area (Å²) in [6, 6.07) is 8.43. The summed E-state index contributed by atoms with van der Waals surface area (Å²) in [6.07, 6.45) is 5.04. The van der Waals surface area contributed by atoms with E-state index in [1.807, 2.05) is 12.1 Å². The number of furan rings is 1. The number of hydrogen-bond acceptors (Lipinski definition) is 2. The topological polar surface area (TPSA) is 25.2 Å². The Kier molecular flexibility index (Phi) is 4.56. The van der Waals surface area contributed by atoms with E-state index in [2.05, 4.69) is 31.3 Å². The molecule has 0 spiro atoms. The SMILES string of the molecule is CCCNC(c1cc2cccc(Cl)c2o1)C1CCC(C)C1. The zero-order valence-electron chi connectivity index (χ0n) is 12.9. The number of rotatable bonds is 5. The van der Waals surface area contributed by atoms with Crippen molar-refractivity contribution in [1.29, 1.82) is 0 Å². The molecule has 3 rings (SSSR count). The second-order valence-corrected chi connectivity index (χ2v) is 6.82. The van der Waals surface area contributed by atoms with E-state index in [0.717, 1.165) is 35.6 Å². The lowest BCUT2D eigenvalue weighted by molar-refractivity contribution is 0.314. The van der Waals surface area contributed by atoms with Crippen LogP contribution in [0.3, 0.4) is 0 Å². The number of benzene rings is 1. The van der Waals surface area contributed by atoms with Gasteiger partial charge in [0.2, 0.25) is 0 Å². The molecule has 1 fully saturated rings. The average Bonchev–Trinajstić information content (AvgIpc) is 3.07. The normalized spacial score (nSPS) is 23.8. The fraction of sp³-hybridized carbons (Fsp3) is 0.556. The Balaban J connectivity index is 1.91. The van der Waals surface area contributed by atoms with E-state index in [4.69, 9.17) is 16.0 Å². The highest BCUT2D eigenvalue weighted by molar-refractivity contribution is 6.34. The third kappa shape index (κ3) is 3.12. The molecule has 2 nitrogen and oxygen atoms in total. The lowest BCUT2D eigenvalue weighted by atomic mass is 9.94. The number of fused-ring (bicyclic) bond motifs is 1. The van der Waals surface area contributed by atoms with Gasteiger partial charge in [-0.1, -0.05) is 44.0 Å².